The number of primary amides is 1. The number of benzene rings is 6. The van der Waals surface area contributed by atoms with E-state index in [4.69, 9.17) is 55.0 Å². The van der Waals surface area contributed by atoms with Crippen molar-refractivity contribution in [2.45, 2.75) is 162 Å². The van der Waals surface area contributed by atoms with Crippen LogP contribution in [0, 0.1) is 75.5 Å². The number of amides is 1. The number of nitrogens with two attached hydrogens (primary N) is 2. The molecule has 3 aromatic heterocycles. The van der Waals surface area contributed by atoms with Gasteiger partial charge < -0.3 is 35.9 Å². The molecular weight excluding hydrogens is 1520 g/mol. The first kappa shape index (κ1) is 81.1. The van der Waals surface area contributed by atoms with Gasteiger partial charge in [-0.2, -0.15) is 30.7 Å². The SMILES string of the molecule is Cc1cc(C#N)cc(C)c1Oc1nc(NC2CCN(Cc3ccc(C(N)=O)cc3)CC2)nc2c1SCC2.Cc1cc(C#N)cc(C)c1Oc1nc(NC2CCN(Cc3ccc(S(C)(=O)=O)cc3)CC2)nc2c1SCC2.Cc1cc(C#N)cc(C)c1Oc1nc(NC2CCN(Cc3ccc(S(N)(=O)=O)cc3)CC2)nc2c1SCC2. The summed E-state index contributed by atoms with van der Waals surface area (Å²) in [5, 5.41) is 43.6. The Morgan fingerprint density at radius 2 is 0.726 bits per heavy atom. The number of piperidine rings is 3. The predicted octanol–water partition coefficient (Wildman–Crippen LogP) is 13.6. The van der Waals surface area contributed by atoms with Crippen molar-refractivity contribution in [3.8, 4) is 53.1 Å². The van der Waals surface area contributed by atoms with Crippen molar-refractivity contribution >= 4 is 78.9 Å². The van der Waals surface area contributed by atoms with E-state index in [-0.39, 0.29) is 23.0 Å². The quantitative estimate of drug-likeness (QED) is 0.0446. The van der Waals surface area contributed by atoms with Crippen molar-refractivity contribution in [3.05, 3.63) is 199 Å². The van der Waals surface area contributed by atoms with Crippen molar-refractivity contribution in [1.29, 1.82) is 15.8 Å². The summed E-state index contributed by atoms with van der Waals surface area (Å²) in [5.41, 5.74) is 19.6. The van der Waals surface area contributed by atoms with Gasteiger partial charge in [0.15, 0.2) is 9.84 Å². The highest BCUT2D eigenvalue weighted by molar-refractivity contribution is 8.00. The zero-order valence-electron chi connectivity index (χ0n) is 64.3. The third-order valence-corrected chi connectivity index (χ3v) is 26.0. The fraction of sp³-hybridized carbons (Fsp3) is 0.373. The lowest BCUT2D eigenvalue weighted by Crippen LogP contribution is -2.39. The Kier molecular flexibility index (Phi) is 25.9. The number of fused-ring (bicyclic) bond motifs is 3. The minimum Gasteiger partial charge on any atom is -0.437 e. The second-order valence-corrected chi connectivity index (χ2v) is 36.3. The molecule has 6 aromatic carbocycles. The number of thioether (sulfide) groups is 3. The summed E-state index contributed by atoms with van der Waals surface area (Å²) in [4.78, 5) is 50.7. The molecule has 6 aliphatic heterocycles. The number of hydrogen-bond donors (Lipinski definition) is 5. The van der Waals surface area contributed by atoms with Crippen LogP contribution in [0.1, 0.15) is 133 Å². The molecular formula is C83H91N17O8S5. The number of hydrogen-bond acceptors (Lipinski definition) is 26. The number of sulfone groups is 1. The van der Waals surface area contributed by atoms with Crippen LogP contribution in [0.25, 0.3) is 0 Å². The van der Waals surface area contributed by atoms with Crippen LogP contribution in [0.4, 0.5) is 17.8 Å². The van der Waals surface area contributed by atoms with Crippen LogP contribution < -0.4 is 41.0 Å². The number of nitrogens with one attached hydrogen (secondary N) is 3. The summed E-state index contributed by atoms with van der Waals surface area (Å²) in [6.07, 6.45) is 9.65. The highest BCUT2D eigenvalue weighted by Gasteiger charge is 2.31. The second kappa shape index (κ2) is 36.1. The van der Waals surface area contributed by atoms with Gasteiger partial charge in [0.1, 0.15) is 17.2 Å². The molecule has 9 heterocycles. The first-order valence-corrected chi connectivity index (χ1v) is 44.1. The zero-order chi connectivity index (χ0) is 79.7. The van der Waals surface area contributed by atoms with Gasteiger partial charge in [-0.05, 0) is 203 Å². The Morgan fingerprint density at radius 3 is 0.982 bits per heavy atom. The van der Waals surface area contributed by atoms with Crippen LogP contribution in [0.2, 0.25) is 0 Å². The lowest BCUT2D eigenvalue weighted by atomic mass is 10.0. The molecule has 0 saturated carbocycles. The van der Waals surface area contributed by atoms with Gasteiger partial charge in [-0.1, -0.05) is 36.4 Å². The number of carbonyl (C=O) groups is 1. The number of ether oxygens (including phenoxy) is 3. The maximum atomic E-state index is 11.7. The molecule has 25 nitrogen and oxygen atoms in total. The molecule has 15 rings (SSSR count). The van der Waals surface area contributed by atoms with Crippen LogP contribution in [0.3, 0.4) is 0 Å². The lowest BCUT2D eigenvalue weighted by molar-refractivity contribution is 0.1000. The third-order valence-electron chi connectivity index (χ3n) is 20.7. The van der Waals surface area contributed by atoms with E-state index in [1.807, 2.05) is 114 Å². The first-order chi connectivity index (χ1) is 54.3. The molecule has 0 aliphatic carbocycles. The summed E-state index contributed by atoms with van der Waals surface area (Å²) in [6.45, 7) is 19.7. The average Bonchev–Trinajstić information content (AvgIpc) is 1.55. The van der Waals surface area contributed by atoms with Gasteiger partial charge in [0.2, 0.25) is 51.4 Å². The van der Waals surface area contributed by atoms with E-state index in [2.05, 4.69) is 48.9 Å². The summed E-state index contributed by atoms with van der Waals surface area (Å²) < 4.78 is 65.4. The number of aryl methyl sites for hydroxylation is 9. The molecule has 30 heteroatoms. The number of anilines is 3. The van der Waals surface area contributed by atoms with E-state index in [0.717, 1.165) is 227 Å². The molecule has 7 N–H and O–H groups in total. The first-order valence-electron chi connectivity index (χ1n) is 37.7. The lowest BCUT2D eigenvalue weighted by Gasteiger charge is -2.32. The highest BCUT2D eigenvalue weighted by Crippen LogP contribution is 2.45. The molecule has 9 aromatic rings. The minimum absolute atomic E-state index is 0.129. The average molecular weight is 1620 g/mol. The van der Waals surface area contributed by atoms with E-state index >= 15 is 0 Å². The van der Waals surface area contributed by atoms with Gasteiger partial charge in [0, 0.05) is 125 Å². The van der Waals surface area contributed by atoms with Gasteiger partial charge in [-0.15, -0.1) is 35.3 Å². The molecule has 0 spiro atoms. The largest absolute Gasteiger partial charge is 0.437 e. The standard InChI is InChI=1S/C28H30N6O2S.C28H31N5O3S2.C27H30N6O3S2/c1-17-13-20(15-29)14-18(2)24(17)36-27-25-23(9-12-37-25)32-28(33-27)31-22-7-10-34(11-8-22)16-19-3-5-21(6-4-19)26(30)35;1-18-14-21(16-29)15-19(2)25(18)36-27-26-24(10-13-37-26)31-28(32-27)30-22-8-11-33(12-9-22)17-20-4-6-23(7-5-20)38(3,34)35;1-17-13-20(15-28)14-18(2)24(17)36-26-25-23(9-12-37-25)31-27(32-26)30-21-7-10-33(11-8-21)16-19-3-5-22(6-4-19)38(29,34)35/h3-6,13-14,22H,7-12,16H2,1-2H3,(H2,30,35)(H,31,32,33);4-7,14-15,22H,8-13,17H2,1-3H3,(H,30,31,32);3-6,13-14,21H,7-12,16H2,1-2H3,(H2,29,34,35)(H,30,31,32). The highest BCUT2D eigenvalue weighted by atomic mass is 32.2. The van der Waals surface area contributed by atoms with Crippen molar-refractivity contribution < 1.29 is 35.8 Å². The van der Waals surface area contributed by atoms with E-state index in [1.165, 1.54) is 11.8 Å². The number of likely N-dealkylation sites (tertiary alicyclic amines) is 3. The van der Waals surface area contributed by atoms with Crippen LogP contribution in [-0.2, 0) is 58.8 Å². The Hall–Kier alpha value is -9.91. The topological polar surface area (TPSA) is 360 Å². The van der Waals surface area contributed by atoms with E-state index in [9.17, 15) is 37.4 Å². The molecule has 0 radical (unpaired) electrons. The van der Waals surface area contributed by atoms with Gasteiger partial charge >= 0.3 is 0 Å². The van der Waals surface area contributed by atoms with Gasteiger partial charge in [0.25, 0.3) is 0 Å². The van der Waals surface area contributed by atoms with Crippen LogP contribution in [-0.4, -0.2) is 148 Å². The van der Waals surface area contributed by atoms with Gasteiger partial charge in [0.05, 0.1) is 76.5 Å². The van der Waals surface area contributed by atoms with Crippen molar-refractivity contribution in [1.82, 2.24) is 44.6 Å². The molecule has 3 fully saturated rings. The zero-order valence-corrected chi connectivity index (χ0v) is 68.4. The molecule has 0 unspecified atom stereocenters. The smallest absolute Gasteiger partial charge is 0.248 e. The number of nitrogens with zero attached hydrogens (tertiary/aromatic N) is 12. The van der Waals surface area contributed by atoms with Crippen LogP contribution in [0.5, 0.6) is 34.9 Å². The number of nitriles is 3. The molecule has 0 atom stereocenters. The summed E-state index contributed by atoms with van der Waals surface area (Å²) >= 11 is 5.16. The van der Waals surface area contributed by atoms with Gasteiger partial charge in [-0.3, -0.25) is 19.5 Å². The van der Waals surface area contributed by atoms with Crippen molar-refractivity contribution in [3.63, 3.8) is 0 Å². The van der Waals surface area contributed by atoms with Gasteiger partial charge in [-0.25, -0.2) is 36.9 Å². The summed E-state index contributed by atoms with van der Waals surface area (Å²) in [5.74, 6) is 8.21. The maximum absolute atomic E-state index is 11.7. The fourth-order valence-electron chi connectivity index (χ4n) is 14.8. The minimum atomic E-state index is -3.68. The number of primary sulfonamides is 1. The Labute approximate surface area is 673 Å². The fourth-order valence-corrected chi connectivity index (χ4v) is 19.0. The Bertz CT molecular complexity index is 5110. The number of rotatable bonds is 21. The van der Waals surface area contributed by atoms with Crippen LogP contribution in [0.15, 0.2) is 134 Å². The van der Waals surface area contributed by atoms with Crippen molar-refractivity contribution in [2.75, 3.05) is 78.7 Å². The Morgan fingerprint density at radius 1 is 0.451 bits per heavy atom. The molecule has 3 saturated heterocycles. The monoisotopic (exact) mass is 1610 g/mol. The third kappa shape index (κ3) is 20.7. The van der Waals surface area contributed by atoms with E-state index in [0.29, 0.717) is 62.6 Å². The van der Waals surface area contributed by atoms with Crippen molar-refractivity contribution in [2.24, 2.45) is 10.9 Å². The number of aromatic nitrogens is 6. The van der Waals surface area contributed by atoms with Crippen LogP contribution >= 0.6 is 35.3 Å². The van der Waals surface area contributed by atoms with E-state index in [1.54, 1.807) is 71.7 Å². The molecule has 0 bridgehead atoms. The molecule has 113 heavy (non-hydrogen) atoms. The normalized spacial score (nSPS) is 16.0. The summed E-state index contributed by atoms with van der Waals surface area (Å²) in [6, 6.07) is 39.8. The molecule has 1 amide bonds. The maximum Gasteiger partial charge on any atom is 0.248 e. The Balaban J connectivity index is 0.000000148. The predicted molar refractivity (Wildman–Crippen MR) is 440 cm³/mol. The number of sulfonamides is 1. The van der Waals surface area contributed by atoms with E-state index < -0.39 is 25.8 Å². The molecule has 586 valence electrons. The second-order valence-electron chi connectivity index (χ2n) is 29.4. The summed E-state index contributed by atoms with van der Waals surface area (Å²) in [7, 11) is -6.86. The number of carbonyl (C=O) groups excluding carboxylic acids is 1. The molecule has 6 aliphatic rings.